The zero-order valence-corrected chi connectivity index (χ0v) is 8.79. The summed E-state index contributed by atoms with van der Waals surface area (Å²) < 4.78 is 0. The number of carbonyl (C=O) groups excluding carboxylic acids is 1. The Balaban J connectivity index is 2.34. The Morgan fingerprint density at radius 3 is 2.29 bits per heavy atom. The summed E-state index contributed by atoms with van der Waals surface area (Å²) in [5.74, 6) is 1.01. The fourth-order valence-corrected chi connectivity index (χ4v) is 2.61. The molecule has 0 saturated heterocycles. The highest BCUT2D eigenvalue weighted by molar-refractivity contribution is 5.89. The third kappa shape index (κ3) is 1.28. The van der Waals surface area contributed by atoms with Gasteiger partial charge in [0, 0.05) is 0 Å². The summed E-state index contributed by atoms with van der Waals surface area (Å²) in [4.78, 5) is 11.7. The molecule has 1 fully saturated rings. The van der Waals surface area contributed by atoms with Crippen molar-refractivity contribution in [1.29, 1.82) is 0 Å². The summed E-state index contributed by atoms with van der Waals surface area (Å²) in [6.45, 7) is 3.93. The zero-order valence-electron chi connectivity index (χ0n) is 8.79. The first-order chi connectivity index (χ1) is 6.65. The van der Waals surface area contributed by atoms with Crippen molar-refractivity contribution in [1.82, 2.24) is 0 Å². The highest BCUT2D eigenvalue weighted by Crippen LogP contribution is 2.48. The molecule has 0 radical (unpaired) electrons. The van der Waals surface area contributed by atoms with E-state index in [1.54, 1.807) is 6.92 Å². The van der Waals surface area contributed by atoms with Gasteiger partial charge in [0.05, 0.1) is 5.41 Å². The Kier molecular flexibility index (Phi) is 2.18. The maximum Gasteiger partial charge on any atom is 0.140 e. The maximum absolute atomic E-state index is 11.7. The SMILES string of the molecule is CC(=O)[C@]1(c2ccccc2)C[C@@H](C)C1. The van der Waals surface area contributed by atoms with Crippen molar-refractivity contribution in [3.05, 3.63) is 35.9 Å². The van der Waals surface area contributed by atoms with Gasteiger partial charge in [-0.15, -0.1) is 0 Å². The van der Waals surface area contributed by atoms with Gasteiger partial charge in [0.1, 0.15) is 5.78 Å². The van der Waals surface area contributed by atoms with Crippen LogP contribution in [-0.2, 0) is 10.2 Å². The summed E-state index contributed by atoms with van der Waals surface area (Å²) in [6.07, 6.45) is 2.04. The fourth-order valence-electron chi connectivity index (χ4n) is 2.61. The van der Waals surface area contributed by atoms with Gasteiger partial charge in [-0.1, -0.05) is 37.3 Å². The Labute approximate surface area is 85.1 Å². The third-order valence-corrected chi connectivity index (χ3v) is 3.39. The van der Waals surface area contributed by atoms with Gasteiger partial charge < -0.3 is 0 Å². The average molecular weight is 188 g/mol. The molecule has 0 aromatic heterocycles. The molecule has 74 valence electrons. The Hall–Kier alpha value is -1.11. The van der Waals surface area contributed by atoms with Crippen molar-refractivity contribution in [2.45, 2.75) is 32.1 Å². The van der Waals surface area contributed by atoms with E-state index in [2.05, 4.69) is 19.1 Å². The minimum absolute atomic E-state index is 0.152. The quantitative estimate of drug-likeness (QED) is 0.697. The zero-order chi connectivity index (χ0) is 10.2. The van der Waals surface area contributed by atoms with E-state index in [4.69, 9.17) is 0 Å². The van der Waals surface area contributed by atoms with E-state index in [1.807, 2.05) is 18.2 Å². The van der Waals surface area contributed by atoms with E-state index < -0.39 is 0 Å². The Bertz CT molecular complexity index is 334. The van der Waals surface area contributed by atoms with Crippen molar-refractivity contribution in [3.8, 4) is 0 Å². The molecule has 1 heteroatoms. The summed E-state index contributed by atoms with van der Waals surface area (Å²) >= 11 is 0. The molecule has 0 heterocycles. The number of benzene rings is 1. The largest absolute Gasteiger partial charge is 0.299 e. The third-order valence-electron chi connectivity index (χ3n) is 3.39. The highest BCUT2D eigenvalue weighted by atomic mass is 16.1. The van der Waals surface area contributed by atoms with Crippen LogP contribution < -0.4 is 0 Å². The van der Waals surface area contributed by atoms with Crippen LogP contribution in [0, 0.1) is 5.92 Å². The van der Waals surface area contributed by atoms with Crippen molar-refractivity contribution in [2.24, 2.45) is 5.92 Å². The second kappa shape index (κ2) is 3.23. The molecule has 0 amide bonds. The molecule has 0 spiro atoms. The molecule has 0 unspecified atom stereocenters. The van der Waals surface area contributed by atoms with E-state index >= 15 is 0 Å². The molecule has 1 aliphatic rings. The van der Waals surface area contributed by atoms with Gasteiger partial charge in [0.25, 0.3) is 0 Å². The summed E-state index contributed by atoms with van der Waals surface area (Å²) in [5, 5.41) is 0. The van der Waals surface area contributed by atoms with Crippen LogP contribution in [0.5, 0.6) is 0 Å². The molecule has 2 rings (SSSR count). The lowest BCUT2D eigenvalue weighted by Crippen LogP contribution is -2.45. The number of ketones is 1. The summed E-state index contributed by atoms with van der Waals surface area (Å²) in [7, 11) is 0. The number of carbonyl (C=O) groups is 1. The van der Waals surface area contributed by atoms with Gasteiger partial charge in [0.15, 0.2) is 0 Å². The predicted molar refractivity (Wildman–Crippen MR) is 57.2 cm³/mol. The molecular formula is C13H16O. The Morgan fingerprint density at radius 1 is 1.29 bits per heavy atom. The van der Waals surface area contributed by atoms with E-state index in [1.165, 1.54) is 5.56 Å². The summed E-state index contributed by atoms with van der Waals surface area (Å²) in [6, 6.07) is 10.2. The van der Waals surface area contributed by atoms with Gasteiger partial charge in [-0.3, -0.25) is 4.79 Å². The standard InChI is InChI=1S/C13H16O/c1-10-8-13(9-10,11(2)14)12-6-4-3-5-7-12/h3-7,10H,8-9H2,1-2H3/t10-,13+. The normalized spacial score (nSPS) is 30.9. The molecule has 0 aliphatic heterocycles. The number of hydrogen-bond donors (Lipinski definition) is 0. The van der Waals surface area contributed by atoms with Crippen LogP contribution in [0.2, 0.25) is 0 Å². The average Bonchev–Trinajstić information content (AvgIpc) is 2.13. The smallest absolute Gasteiger partial charge is 0.140 e. The molecular weight excluding hydrogens is 172 g/mol. The lowest BCUT2D eigenvalue weighted by molar-refractivity contribution is -0.127. The number of Topliss-reactive ketones (excluding diaryl/α,β-unsaturated/α-hetero) is 1. The van der Waals surface area contributed by atoms with Crippen LogP contribution in [0.15, 0.2) is 30.3 Å². The molecule has 1 nitrogen and oxygen atoms in total. The van der Waals surface area contributed by atoms with E-state index in [0.717, 1.165) is 12.8 Å². The lowest BCUT2D eigenvalue weighted by Gasteiger charge is -2.45. The van der Waals surface area contributed by atoms with Gasteiger partial charge >= 0.3 is 0 Å². The molecule has 14 heavy (non-hydrogen) atoms. The van der Waals surface area contributed by atoms with E-state index in [-0.39, 0.29) is 5.41 Å². The minimum atomic E-state index is -0.152. The van der Waals surface area contributed by atoms with Crippen LogP contribution in [0.25, 0.3) is 0 Å². The minimum Gasteiger partial charge on any atom is -0.299 e. The second-order valence-electron chi connectivity index (χ2n) is 4.52. The first kappa shape index (κ1) is 9.45. The van der Waals surface area contributed by atoms with Crippen molar-refractivity contribution >= 4 is 5.78 Å². The molecule has 1 aromatic carbocycles. The molecule has 0 bridgehead atoms. The maximum atomic E-state index is 11.7. The second-order valence-corrected chi connectivity index (χ2v) is 4.52. The summed E-state index contributed by atoms with van der Waals surface area (Å²) in [5.41, 5.74) is 1.05. The topological polar surface area (TPSA) is 17.1 Å². The van der Waals surface area contributed by atoms with Crippen LogP contribution in [0.1, 0.15) is 32.3 Å². The van der Waals surface area contributed by atoms with Crippen LogP contribution in [-0.4, -0.2) is 5.78 Å². The van der Waals surface area contributed by atoms with Crippen LogP contribution in [0.4, 0.5) is 0 Å². The highest BCUT2D eigenvalue weighted by Gasteiger charge is 2.46. The first-order valence-corrected chi connectivity index (χ1v) is 5.22. The predicted octanol–water partition coefficient (Wildman–Crippen LogP) is 2.94. The number of rotatable bonds is 2. The van der Waals surface area contributed by atoms with Gasteiger partial charge in [0.2, 0.25) is 0 Å². The molecule has 1 saturated carbocycles. The fraction of sp³-hybridized carbons (Fsp3) is 0.462. The van der Waals surface area contributed by atoms with Gasteiger partial charge in [-0.05, 0) is 31.2 Å². The van der Waals surface area contributed by atoms with Crippen LogP contribution >= 0.6 is 0 Å². The molecule has 0 atom stereocenters. The van der Waals surface area contributed by atoms with E-state index in [9.17, 15) is 4.79 Å². The van der Waals surface area contributed by atoms with Gasteiger partial charge in [-0.2, -0.15) is 0 Å². The molecule has 1 aromatic rings. The molecule has 0 N–H and O–H groups in total. The monoisotopic (exact) mass is 188 g/mol. The first-order valence-electron chi connectivity index (χ1n) is 5.22. The van der Waals surface area contributed by atoms with Crippen LogP contribution in [0.3, 0.4) is 0 Å². The van der Waals surface area contributed by atoms with Crippen molar-refractivity contribution < 1.29 is 4.79 Å². The van der Waals surface area contributed by atoms with Crippen molar-refractivity contribution in [2.75, 3.05) is 0 Å². The number of hydrogen-bond acceptors (Lipinski definition) is 1. The lowest BCUT2D eigenvalue weighted by atomic mass is 9.57. The molecule has 1 aliphatic carbocycles. The van der Waals surface area contributed by atoms with E-state index in [0.29, 0.717) is 11.7 Å². The van der Waals surface area contributed by atoms with Gasteiger partial charge in [-0.25, -0.2) is 0 Å². The van der Waals surface area contributed by atoms with Crippen molar-refractivity contribution in [3.63, 3.8) is 0 Å². The Morgan fingerprint density at radius 2 is 1.86 bits per heavy atom.